The summed E-state index contributed by atoms with van der Waals surface area (Å²) in [6.45, 7) is 7.65. The quantitative estimate of drug-likeness (QED) is 0.658. The Balaban J connectivity index is 2.37. The number of hydrogen-bond donors (Lipinski definition) is 1. The van der Waals surface area contributed by atoms with Crippen LogP contribution >= 0.6 is 0 Å². The predicted molar refractivity (Wildman–Crippen MR) is 88.9 cm³/mol. The molecule has 0 aliphatic carbocycles. The molecule has 1 heterocycles. The third-order valence-electron chi connectivity index (χ3n) is 4.73. The van der Waals surface area contributed by atoms with Crippen molar-refractivity contribution in [2.75, 3.05) is 7.11 Å². The highest BCUT2D eigenvalue weighted by Crippen LogP contribution is 2.41. The fraction of sp³-hybridized carbons (Fsp3) is 0.529. The lowest BCUT2D eigenvalue weighted by atomic mass is 9.66. The minimum atomic E-state index is -0.960. The maximum Gasteiger partial charge on any atom is 0.466 e. The Hall–Kier alpha value is -1.86. The van der Waals surface area contributed by atoms with Crippen molar-refractivity contribution in [2.45, 2.75) is 51.1 Å². The lowest BCUT2D eigenvalue weighted by Gasteiger charge is -2.32. The van der Waals surface area contributed by atoms with Gasteiger partial charge in [-0.15, -0.1) is 0 Å². The van der Waals surface area contributed by atoms with E-state index in [1.165, 1.54) is 7.11 Å². The third-order valence-corrected chi connectivity index (χ3v) is 4.73. The fourth-order valence-electron chi connectivity index (χ4n) is 2.63. The molecule has 0 aromatic heterocycles. The molecule has 1 fully saturated rings. The van der Waals surface area contributed by atoms with Gasteiger partial charge < -0.3 is 19.2 Å². The Bertz CT molecular complexity index is 624. The molecule has 2 rings (SSSR count). The molecule has 130 valence electrons. The maximum absolute atomic E-state index is 11.7. The second-order valence-electron chi connectivity index (χ2n) is 6.95. The van der Waals surface area contributed by atoms with Crippen molar-refractivity contribution in [2.24, 2.45) is 0 Å². The van der Waals surface area contributed by atoms with Gasteiger partial charge in [0.1, 0.15) is 0 Å². The van der Waals surface area contributed by atoms with Crippen molar-refractivity contribution in [3.63, 3.8) is 0 Å². The number of carboxylic acids is 1. The van der Waals surface area contributed by atoms with Crippen molar-refractivity contribution < 1.29 is 28.7 Å². The number of esters is 1. The van der Waals surface area contributed by atoms with Gasteiger partial charge in [0, 0.05) is 5.82 Å². The van der Waals surface area contributed by atoms with Gasteiger partial charge >= 0.3 is 19.1 Å². The van der Waals surface area contributed by atoms with Crippen LogP contribution in [0, 0.1) is 0 Å². The van der Waals surface area contributed by atoms with Gasteiger partial charge in [0.2, 0.25) is 0 Å². The zero-order valence-electron chi connectivity index (χ0n) is 14.7. The van der Waals surface area contributed by atoms with Crippen LogP contribution in [0.15, 0.2) is 24.3 Å². The molecule has 1 aromatic carbocycles. The molecule has 0 bridgehead atoms. The van der Waals surface area contributed by atoms with Gasteiger partial charge in [-0.3, -0.25) is 4.79 Å². The van der Waals surface area contributed by atoms with Crippen molar-refractivity contribution in [1.29, 1.82) is 0 Å². The highest BCUT2D eigenvalue weighted by molar-refractivity contribution is 6.48. The lowest BCUT2D eigenvalue weighted by Crippen LogP contribution is -2.41. The van der Waals surface area contributed by atoms with Crippen LogP contribution in [0.1, 0.15) is 55.9 Å². The summed E-state index contributed by atoms with van der Waals surface area (Å²) in [6, 6.07) is 6.72. The Labute approximate surface area is 142 Å². The molecular formula is C17H23BO6. The monoisotopic (exact) mass is 334 g/mol. The average Bonchev–Trinajstić information content (AvgIpc) is 2.72. The van der Waals surface area contributed by atoms with E-state index < -0.39 is 36.1 Å². The minimum absolute atomic E-state index is 0.165. The number of ether oxygens (including phenoxy) is 1. The molecule has 6 nitrogen and oxygen atoms in total. The molecule has 1 aliphatic rings. The van der Waals surface area contributed by atoms with Crippen molar-refractivity contribution in [3.05, 3.63) is 35.4 Å². The van der Waals surface area contributed by atoms with E-state index in [4.69, 9.17) is 14.0 Å². The number of rotatable bonds is 5. The van der Waals surface area contributed by atoms with Gasteiger partial charge in [0.05, 0.1) is 30.3 Å². The Morgan fingerprint density at radius 2 is 1.79 bits per heavy atom. The molecule has 24 heavy (non-hydrogen) atoms. The number of carbonyl (C=O) groups is 2. The van der Waals surface area contributed by atoms with E-state index in [-0.39, 0.29) is 6.42 Å². The largest absolute Gasteiger partial charge is 0.481 e. The standard InChI is InChI=1S/C17H23BO6/c1-16(2)17(3,4)24-18(23-16)13(10-14(19)20)11-7-6-8-12(9-11)15(21)22-5/h6-9,13H,10H2,1-5H3,(H,19,20). The normalized spacial score (nSPS) is 19.8. The van der Waals surface area contributed by atoms with Crippen molar-refractivity contribution >= 4 is 19.1 Å². The second-order valence-corrected chi connectivity index (χ2v) is 6.95. The van der Waals surface area contributed by atoms with Gasteiger partial charge in [-0.2, -0.15) is 0 Å². The minimum Gasteiger partial charge on any atom is -0.481 e. The molecule has 1 N–H and O–H groups in total. The van der Waals surface area contributed by atoms with E-state index >= 15 is 0 Å². The zero-order valence-corrected chi connectivity index (χ0v) is 14.7. The number of carboxylic acid groups (broad SMARTS) is 1. The zero-order chi connectivity index (χ0) is 18.1. The number of hydrogen-bond acceptors (Lipinski definition) is 5. The molecule has 1 saturated heterocycles. The molecule has 1 aliphatic heterocycles. The third kappa shape index (κ3) is 3.62. The molecule has 0 saturated carbocycles. The summed E-state index contributed by atoms with van der Waals surface area (Å²) in [4.78, 5) is 23.1. The van der Waals surface area contributed by atoms with Crippen molar-refractivity contribution in [1.82, 2.24) is 0 Å². The van der Waals surface area contributed by atoms with Crippen LogP contribution in [-0.4, -0.2) is 42.5 Å². The van der Waals surface area contributed by atoms with Crippen LogP contribution in [0.2, 0.25) is 0 Å². The molecule has 1 aromatic rings. The number of benzene rings is 1. The number of carbonyl (C=O) groups excluding carboxylic acids is 1. The molecular weight excluding hydrogens is 311 g/mol. The summed E-state index contributed by atoms with van der Waals surface area (Å²) in [6.07, 6.45) is -0.165. The van der Waals surface area contributed by atoms with Crippen LogP contribution in [0.25, 0.3) is 0 Å². The first-order valence-corrected chi connectivity index (χ1v) is 7.83. The Kier molecular flexibility index (Phi) is 5.06. The van der Waals surface area contributed by atoms with Gasteiger partial charge in [0.25, 0.3) is 0 Å². The molecule has 0 radical (unpaired) electrons. The average molecular weight is 334 g/mol. The number of methoxy groups -OCH3 is 1. The van der Waals surface area contributed by atoms with E-state index in [0.717, 1.165) is 0 Å². The van der Waals surface area contributed by atoms with Crippen molar-refractivity contribution in [3.8, 4) is 0 Å². The molecule has 0 amide bonds. The second kappa shape index (κ2) is 6.57. The van der Waals surface area contributed by atoms with Crippen LogP contribution in [-0.2, 0) is 18.8 Å². The lowest BCUT2D eigenvalue weighted by molar-refractivity contribution is -0.137. The maximum atomic E-state index is 11.7. The number of aliphatic carboxylic acids is 1. The Morgan fingerprint density at radius 3 is 2.29 bits per heavy atom. The molecule has 7 heteroatoms. The van der Waals surface area contributed by atoms with Gasteiger partial charge in [-0.25, -0.2) is 4.79 Å². The van der Waals surface area contributed by atoms with Gasteiger partial charge in [-0.1, -0.05) is 12.1 Å². The van der Waals surface area contributed by atoms with E-state index in [2.05, 4.69) is 0 Å². The summed E-state index contributed by atoms with van der Waals surface area (Å²) < 4.78 is 16.7. The van der Waals surface area contributed by atoms with E-state index in [1.807, 2.05) is 27.7 Å². The summed E-state index contributed by atoms with van der Waals surface area (Å²) in [5, 5.41) is 9.29. The van der Waals surface area contributed by atoms with Crippen LogP contribution in [0.4, 0.5) is 0 Å². The highest BCUT2D eigenvalue weighted by atomic mass is 16.7. The topological polar surface area (TPSA) is 82.1 Å². The SMILES string of the molecule is COC(=O)c1cccc(C(CC(=O)O)B2OC(C)(C)C(C)(C)O2)c1. The summed E-state index contributed by atoms with van der Waals surface area (Å²) in [5.74, 6) is -1.97. The van der Waals surface area contributed by atoms with Gasteiger partial charge in [0.15, 0.2) is 0 Å². The first-order valence-electron chi connectivity index (χ1n) is 7.83. The fourth-order valence-corrected chi connectivity index (χ4v) is 2.63. The highest BCUT2D eigenvalue weighted by Gasteiger charge is 2.54. The first-order chi connectivity index (χ1) is 11.1. The van der Waals surface area contributed by atoms with Crippen LogP contribution < -0.4 is 0 Å². The molecule has 0 spiro atoms. The Morgan fingerprint density at radius 1 is 1.21 bits per heavy atom. The van der Waals surface area contributed by atoms with E-state index in [1.54, 1.807) is 24.3 Å². The van der Waals surface area contributed by atoms with E-state index in [9.17, 15) is 14.7 Å². The van der Waals surface area contributed by atoms with Crippen LogP contribution in [0.3, 0.4) is 0 Å². The van der Waals surface area contributed by atoms with E-state index in [0.29, 0.717) is 11.1 Å². The summed E-state index contributed by atoms with van der Waals surface area (Å²) >= 11 is 0. The summed E-state index contributed by atoms with van der Waals surface area (Å²) in [5.41, 5.74) is -0.0938. The van der Waals surface area contributed by atoms with Crippen LogP contribution in [0.5, 0.6) is 0 Å². The predicted octanol–water partition coefficient (Wildman–Crippen LogP) is 2.66. The smallest absolute Gasteiger partial charge is 0.466 e. The molecule has 1 unspecified atom stereocenters. The summed E-state index contributed by atoms with van der Waals surface area (Å²) in [7, 11) is 0.594. The molecule has 1 atom stereocenters. The first kappa shape index (κ1) is 18.5. The van der Waals surface area contributed by atoms with Gasteiger partial charge in [-0.05, 0) is 45.4 Å².